The van der Waals surface area contributed by atoms with Crippen molar-refractivity contribution in [1.82, 2.24) is 0 Å². The van der Waals surface area contributed by atoms with Crippen LogP contribution in [-0.4, -0.2) is 26.1 Å². The molecule has 0 heterocycles. The first-order chi connectivity index (χ1) is 8.51. The Balaban J connectivity index is 2.40. The fourth-order valence-corrected chi connectivity index (χ4v) is 1.35. The van der Waals surface area contributed by atoms with E-state index in [2.05, 4.69) is 10.1 Å². The van der Waals surface area contributed by atoms with Gasteiger partial charge >= 0.3 is 6.36 Å². The van der Waals surface area contributed by atoms with Crippen LogP contribution in [0.2, 0.25) is 0 Å². The number of anilines is 1. The maximum absolute atomic E-state index is 12.0. The SMILES string of the molecule is CCOCCCNc1cccc(OC(F)(F)F)c1. The van der Waals surface area contributed by atoms with E-state index in [0.29, 0.717) is 25.4 Å². The van der Waals surface area contributed by atoms with Gasteiger partial charge in [0.25, 0.3) is 0 Å². The number of benzene rings is 1. The Kier molecular flexibility index (Phi) is 5.77. The second-order valence-electron chi connectivity index (χ2n) is 3.55. The lowest BCUT2D eigenvalue weighted by Crippen LogP contribution is -2.17. The lowest BCUT2D eigenvalue weighted by atomic mass is 10.3. The zero-order valence-corrected chi connectivity index (χ0v) is 10.1. The van der Waals surface area contributed by atoms with Gasteiger partial charge in [0.15, 0.2) is 0 Å². The fraction of sp³-hybridized carbons (Fsp3) is 0.500. The molecule has 1 aromatic rings. The van der Waals surface area contributed by atoms with Crippen LogP contribution >= 0.6 is 0 Å². The van der Waals surface area contributed by atoms with Gasteiger partial charge in [0.2, 0.25) is 0 Å². The summed E-state index contributed by atoms with van der Waals surface area (Å²) >= 11 is 0. The highest BCUT2D eigenvalue weighted by atomic mass is 19.4. The van der Waals surface area contributed by atoms with Gasteiger partial charge < -0.3 is 14.8 Å². The Bertz CT molecular complexity index is 355. The van der Waals surface area contributed by atoms with E-state index in [1.165, 1.54) is 18.2 Å². The molecule has 0 saturated carbocycles. The van der Waals surface area contributed by atoms with Gasteiger partial charge in [0, 0.05) is 31.5 Å². The van der Waals surface area contributed by atoms with Gasteiger partial charge in [-0.3, -0.25) is 0 Å². The van der Waals surface area contributed by atoms with Crippen molar-refractivity contribution >= 4 is 5.69 Å². The van der Waals surface area contributed by atoms with E-state index in [4.69, 9.17) is 4.74 Å². The molecule has 0 aromatic heterocycles. The molecule has 1 aromatic carbocycles. The van der Waals surface area contributed by atoms with Gasteiger partial charge in [0.05, 0.1) is 0 Å². The summed E-state index contributed by atoms with van der Waals surface area (Å²) in [6.45, 7) is 3.83. The van der Waals surface area contributed by atoms with Crippen molar-refractivity contribution in [2.45, 2.75) is 19.7 Å². The number of rotatable bonds is 7. The first-order valence-corrected chi connectivity index (χ1v) is 5.68. The molecule has 102 valence electrons. The fourth-order valence-electron chi connectivity index (χ4n) is 1.35. The molecule has 0 aliphatic carbocycles. The summed E-state index contributed by atoms with van der Waals surface area (Å²) in [5.74, 6) is -0.225. The van der Waals surface area contributed by atoms with E-state index in [1.807, 2.05) is 6.92 Å². The van der Waals surface area contributed by atoms with Crippen LogP contribution in [0, 0.1) is 0 Å². The lowest BCUT2D eigenvalue weighted by molar-refractivity contribution is -0.274. The molecule has 0 unspecified atom stereocenters. The monoisotopic (exact) mass is 263 g/mol. The highest BCUT2D eigenvalue weighted by Gasteiger charge is 2.31. The molecule has 0 aliphatic rings. The molecule has 0 radical (unpaired) electrons. The van der Waals surface area contributed by atoms with Crippen LogP contribution in [0.4, 0.5) is 18.9 Å². The average molecular weight is 263 g/mol. The summed E-state index contributed by atoms with van der Waals surface area (Å²) < 4.78 is 45.0. The number of ether oxygens (including phenoxy) is 2. The third kappa shape index (κ3) is 6.34. The summed E-state index contributed by atoms with van der Waals surface area (Å²) in [5, 5.41) is 3.00. The maximum Gasteiger partial charge on any atom is 0.573 e. The Morgan fingerprint density at radius 2 is 2.06 bits per heavy atom. The molecule has 1 N–H and O–H groups in total. The predicted molar refractivity (Wildman–Crippen MR) is 62.7 cm³/mol. The minimum absolute atomic E-state index is 0.225. The van der Waals surface area contributed by atoms with Crippen LogP contribution in [0.1, 0.15) is 13.3 Å². The van der Waals surface area contributed by atoms with E-state index >= 15 is 0 Å². The minimum Gasteiger partial charge on any atom is -0.406 e. The Hall–Kier alpha value is -1.43. The Morgan fingerprint density at radius 3 is 2.72 bits per heavy atom. The summed E-state index contributed by atoms with van der Waals surface area (Å²) in [5.41, 5.74) is 0.591. The van der Waals surface area contributed by atoms with Crippen molar-refractivity contribution in [2.75, 3.05) is 25.1 Å². The average Bonchev–Trinajstić information content (AvgIpc) is 2.27. The van der Waals surface area contributed by atoms with Crippen LogP contribution < -0.4 is 10.1 Å². The molecule has 18 heavy (non-hydrogen) atoms. The number of alkyl halides is 3. The third-order valence-electron chi connectivity index (χ3n) is 2.07. The first-order valence-electron chi connectivity index (χ1n) is 5.68. The standard InChI is InChI=1S/C12H16F3NO2/c1-2-17-8-4-7-16-10-5-3-6-11(9-10)18-12(13,14)15/h3,5-6,9,16H,2,4,7-8H2,1H3. The van der Waals surface area contributed by atoms with Gasteiger partial charge in [-0.25, -0.2) is 0 Å². The summed E-state index contributed by atoms with van der Waals surface area (Å²) in [6, 6.07) is 5.77. The second kappa shape index (κ2) is 7.10. The Labute approximate surface area is 104 Å². The van der Waals surface area contributed by atoms with E-state index in [-0.39, 0.29) is 5.75 Å². The van der Waals surface area contributed by atoms with Crippen LogP contribution in [0.25, 0.3) is 0 Å². The van der Waals surface area contributed by atoms with Crippen molar-refractivity contribution in [3.05, 3.63) is 24.3 Å². The second-order valence-corrected chi connectivity index (χ2v) is 3.55. The minimum atomic E-state index is -4.66. The zero-order valence-electron chi connectivity index (χ0n) is 10.1. The van der Waals surface area contributed by atoms with Crippen LogP contribution in [0.5, 0.6) is 5.75 Å². The van der Waals surface area contributed by atoms with E-state index < -0.39 is 6.36 Å². The zero-order chi connectivity index (χ0) is 13.4. The summed E-state index contributed by atoms with van der Waals surface area (Å²) in [4.78, 5) is 0. The summed E-state index contributed by atoms with van der Waals surface area (Å²) in [7, 11) is 0. The van der Waals surface area contributed by atoms with Crippen LogP contribution in [-0.2, 0) is 4.74 Å². The van der Waals surface area contributed by atoms with E-state index in [9.17, 15) is 13.2 Å². The maximum atomic E-state index is 12.0. The largest absolute Gasteiger partial charge is 0.573 e. The molecule has 0 saturated heterocycles. The molecule has 0 fully saturated rings. The molecule has 3 nitrogen and oxygen atoms in total. The van der Waals surface area contributed by atoms with E-state index in [1.54, 1.807) is 6.07 Å². The van der Waals surface area contributed by atoms with Crippen molar-refractivity contribution in [2.24, 2.45) is 0 Å². The topological polar surface area (TPSA) is 30.5 Å². The number of nitrogens with one attached hydrogen (secondary N) is 1. The normalized spacial score (nSPS) is 11.3. The molecule has 0 amide bonds. The summed E-state index contributed by atoms with van der Waals surface area (Å²) in [6.07, 6.45) is -3.87. The molecule has 6 heteroatoms. The molecular weight excluding hydrogens is 247 g/mol. The van der Waals surface area contributed by atoms with Gasteiger partial charge in [-0.1, -0.05) is 6.07 Å². The van der Waals surface area contributed by atoms with Crippen LogP contribution in [0.3, 0.4) is 0 Å². The van der Waals surface area contributed by atoms with Gasteiger partial charge in [-0.15, -0.1) is 13.2 Å². The molecule has 0 spiro atoms. The van der Waals surface area contributed by atoms with Gasteiger partial charge in [-0.05, 0) is 25.5 Å². The van der Waals surface area contributed by atoms with Crippen molar-refractivity contribution in [1.29, 1.82) is 0 Å². The van der Waals surface area contributed by atoms with Crippen LogP contribution in [0.15, 0.2) is 24.3 Å². The van der Waals surface area contributed by atoms with E-state index in [0.717, 1.165) is 6.42 Å². The molecule has 0 bridgehead atoms. The highest BCUT2D eigenvalue weighted by molar-refractivity contribution is 5.48. The first kappa shape index (κ1) is 14.6. The quantitative estimate of drug-likeness (QED) is 0.764. The molecular formula is C12H16F3NO2. The Morgan fingerprint density at radius 1 is 1.28 bits per heavy atom. The smallest absolute Gasteiger partial charge is 0.406 e. The molecule has 0 aliphatic heterocycles. The van der Waals surface area contributed by atoms with Gasteiger partial charge in [0.1, 0.15) is 5.75 Å². The van der Waals surface area contributed by atoms with Crippen molar-refractivity contribution < 1.29 is 22.6 Å². The third-order valence-corrected chi connectivity index (χ3v) is 2.07. The number of halogens is 3. The lowest BCUT2D eigenvalue weighted by Gasteiger charge is -2.11. The predicted octanol–water partition coefficient (Wildman–Crippen LogP) is 3.42. The highest BCUT2D eigenvalue weighted by Crippen LogP contribution is 2.24. The van der Waals surface area contributed by atoms with Gasteiger partial charge in [-0.2, -0.15) is 0 Å². The number of hydrogen-bond donors (Lipinski definition) is 1. The molecule has 0 atom stereocenters. The van der Waals surface area contributed by atoms with Crippen molar-refractivity contribution in [3.63, 3.8) is 0 Å². The molecule has 1 rings (SSSR count). The van der Waals surface area contributed by atoms with Crippen molar-refractivity contribution in [3.8, 4) is 5.75 Å². The number of hydrogen-bond acceptors (Lipinski definition) is 3.